The maximum Gasteiger partial charge on any atom is 0.236 e. The van der Waals surface area contributed by atoms with E-state index in [1.807, 2.05) is 27.8 Å². The molecular weight excluding hydrogens is 228 g/mol. The molecule has 0 aromatic rings. The van der Waals surface area contributed by atoms with Crippen LogP contribution in [-0.4, -0.2) is 72.5 Å². The lowest BCUT2D eigenvalue weighted by atomic mass is 10.0. The van der Waals surface area contributed by atoms with Gasteiger partial charge in [0.05, 0.1) is 12.6 Å². The molecule has 1 fully saturated rings. The molecule has 0 aliphatic carbocycles. The Labute approximate surface area is 110 Å². The zero-order valence-electron chi connectivity index (χ0n) is 11.9. The Morgan fingerprint density at radius 1 is 1.33 bits per heavy atom. The fraction of sp³-hybridized carbons (Fsp3) is 0.846. The van der Waals surface area contributed by atoms with E-state index >= 15 is 0 Å². The quantitative estimate of drug-likeness (QED) is 0.726. The minimum atomic E-state index is -0.406. The maximum atomic E-state index is 11.8. The highest BCUT2D eigenvalue weighted by molar-refractivity contribution is 5.77. The molecule has 0 bridgehead atoms. The van der Waals surface area contributed by atoms with Gasteiger partial charge in [-0.15, -0.1) is 0 Å². The summed E-state index contributed by atoms with van der Waals surface area (Å²) in [6, 6.07) is 2.33. The number of hydrogen-bond donors (Lipinski definition) is 0. The molecule has 1 aliphatic rings. The first-order valence-corrected chi connectivity index (χ1v) is 6.53. The molecule has 0 unspecified atom stereocenters. The van der Waals surface area contributed by atoms with Crippen molar-refractivity contribution < 1.29 is 4.79 Å². The van der Waals surface area contributed by atoms with E-state index in [1.54, 1.807) is 4.90 Å². The second-order valence-electron chi connectivity index (χ2n) is 5.34. The van der Waals surface area contributed by atoms with E-state index in [2.05, 4.69) is 15.9 Å². The number of nitriles is 1. The van der Waals surface area contributed by atoms with Gasteiger partial charge in [-0.2, -0.15) is 5.26 Å². The van der Waals surface area contributed by atoms with Gasteiger partial charge >= 0.3 is 0 Å². The first-order chi connectivity index (χ1) is 8.40. The molecule has 5 heteroatoms. The number of nitrogens with zero attached hydrogens (tertiary/aromatic N) is 4. The summed E-state index contributed by atoms with van der Waals surface area (Å²) in [5, 5.41) is 9.10. The van der Waals surface area contributed by atoms with Crippen LogP contribution in [-0.2, 0) is 4.79 Å². The van der Waals surface area contributed by atoms with Gasteiger partial charge in [-0.05, 0) is 20.8 Å². The van der Waals surface area contributed by atoms with E-state index in [0.29, 0.717) is 6.54 Å². The number of carbonyl (C=O) groups excluding carboxylic acids is 1. The lowest BCUT2D eigenvalue weighted by Gasteiger charge is -2.40. The molecule has 18 heavy (non-hydrogen) atoms. The van der Waals surface area contributed by atoms with Crippen LogP contribution in [0.1, 0.15) is 20.8 Å². The largest absolute Gasteiger partial charge is 0.345 e. The maximum absolute atomic E-state index is 11.8. The van der Waals surface area contributed by atoms with Gasteiger partial charge in [0.1, 0.15) is 5.54 Å². The predicted octanol–water partition coefficient (Wildman–Crippen LogP) is 0.384. The number of carbonyl (C=O) groups is 1. The second kappa shape index (κ2) is 6.17. The molecule has 1 rings (SSSR count). The van der Waals surface area contributed by atoms with E-state index in [1.165, 1.54) is 0 Å². The highest BCUT2D eigenvalue weighted by Gasteiger charge is 2.30. The molecular formula is C13H24N4O. The third-order valence-corrected chi connectivity index (χ3v) is 3.70. The first-order valence-electron chi connectivity index (χ1n) is 6.53. The average molecular weight is 252 g/mol. The van der Waals surface area contributed by atoms with Crippen LogP contribution in [0.3, 0.4) is 0 Å². The van der Waals surface area contributed by atoms with Crippen molar-refractivity contribution in [3.8, 4) is 6.07 Å². The molecule has 1 aliphatic heterocycles. The lowest BCUT2D eigenvalue weighted by molar-refractivity contribution is -0.131. The number of rotatable bonds is 4. The van der Waals surface area contributed by atoms with Crippen LogP contribution < -0.4 is 0 Å². The molecule has 1 amide bonds. The van der Waals surface area contributed by atoms with Gasteiger partial charge < -0.3 is 4.90 Å². The normalized spacial score (nSPS) is 18.4. The van der Waals surface area contributed by atoms with E-state index in [0.717, 1.165) is 32.7 Å². The second-order valence-corrected chi connectivity index (χ2v) is 5.34. The van der Waals surface area contributed by atoms with Gasteiger partial charge in [0.15, 0.2) is 0 Å². The molecule has 0 saturated carbocycles. The van der Waals surface area contributed by atoms with Crippen molar-refractivity contribution in [2.75, 3.05) is 46.3 Å². The van der Waals surface area contributed by atoms with Crippen LogP contribution in [0.15, 0.2) is 0 Å². The van der Waals surface area contributed by atoms with Crippen molar-refractivity contribution in [1.29, 1.82) is 5.26 Å². The summed E-state index contributed by atoms with van der Waals surface area (Å²) in [4.78, 5) is 17.9. The molecule has 1 saturated heterocycles. The minimum absolute atomic E-state index is 0.172. The topological polar surface area (TPSA) is 50.6 Å². The molecule has 0 radical (unpaired) electrons. The standard InChI is InChI=1S/C13H24N4O/c1-5-15(4)12(18)10-16-6-8-17(9-7-16)13(2,3)11-14/h5-10H2,1-4H3. The average Bonchev–Trinajstić information content (AvgIpc) is 2.38. The molecule has 0 N–H and O–H groups in total. The lowest BCUT2D eigenvalue weighted by Crippen LogP contribution is -2.55. The highest BCUT2D eigenvalue weighted by Crippen LogP contribution is 2.15. The summed E-state index contributed by atoms with van der Waals surface area (Å²) in [5.74, 6) is 0.172. The van der Waals surface area contributed by atoms with Crippen LogP contribution >= 0.6 is 0 Å². The molecule has 5 nitrogen and oxygen atoms in total. The van der Waals surface area contributed by atoms with Crippen molar-refractivity contribution in [2.24, 2.45) is 0 Å². The van der Waals surface area contributed by atoms with Gasteiger partial charge in [0, 0.05) is 39.8 Å². The summed E-state index contributed by atoms with van der Waals surface area (Å²) in [6.45, 7) is 10.5. The Hall–Kier alpha value is -1.12. The van der Waals surface area contributed by atoms with Gasteiger partial charge in [-0.1, -0.05) is 0 Å². The van der Waals surface area contributed by atoms with E-state index in [4.69, 9.17) is 5.26 Å². The summed E-state index contributed by atoms with van der Waals surface area (Å²) >= 11 is 0. The SMILES string of the molecule is CCN(C)C(=O)CN1CCN(C(C)(C)C#N)CC1. The highest BCUT2D eigenvalue weighted by atomic mass is 16.2. The van der Waals surface area contributed by atoms with Crippen molar-refractivity contribution >= 4 is 5.91 Å². The molecule has 1 heterocycles. The van der Waals surface area contributed by atoms with Crippen LogP contribution in [0.5, 0.6) is 0 Å². The van der Waals surface area contributed by atoms with Crippen molar-refractivity contribution in [3.63, 3.8) is 0 Å². The number of piperazine rings is 1. The first kappa shape index (κ1) is 14.9. The van der Waals surface area contributed by atoms with E-state index in [9.17, 15) is 4.79 Å². The molecule has 0 spiro atoms. The van der Waals surface area contributed by atoms with Gasteiger partial charge in [-0.3, -0.25) is 14.6 Å². The monoisotopic (exact) mass is 252 g/mol. The summed E-state index contributed by atoms with van der Waals surface area (Å²) in [7, 11) is 1.83. The number of amides is 1. The summed E-state index contributed by atoms with van der Waals surface area (Å²) in [6.07, 6.45) is 0. The van der Waals surface area contributed by atoms with Crippen molar-refractivity contribution in [3.05, 3.63) is 0 Å². The Bertz CT molecular complexity index is 326. The molecule has 0 aromatic carbocycles. The van der Waals surface area contributed by atoms with Gasteiger partial charge in [-0.25, -0.2) is 0 Å². The smallest absolute Gasteiger partial charge is 0.236 e. The minimum Gasteiger partial charge on any atom is -0.345 e. The fourth-order valence-corrected chi connectivity index (χ4v) is 2.02. The van der Waals surface area contributed by atoms with Crippen molar-refractivity contribution in [2.45, 2.75) is 26.3 Å². The van der Waals surface area contributed by atoms with Crippen LogP contribution in [0.25, 0.3) is 0 Å². The van der Waals surface area contributed by atoms with Crippen LogP contribution in [0.2, 0.25) is 0 Å². The van der Waals surface area contributed by atoms with E-state index in [-0.39, 0.29) is 5.91 Å². The third-order valence-electron chi connectivity index (χ3n) is 3.70. The Balaban J connectivity index is 2.41. The van der Waals surface area contributed by atoms with Crippen LogP contribution in [0, 0.1) is 11.3 Å². The Morgan fingerprint density at radius 2 is 1.89 bits per heavy atom. The third kappa shape index (κ3) is 3.69. The van der Waals surface area contributed by atoms with Gasteiger partial charge in [0.2, 0.25) is 5.91 Å². The number of hydrogen-bond acceptors (Lipinski definition) is 4. The summed E-state index contributed by atoms with van der Waals surface area (Å²) < 4.78 is 0. The number of likely N-dealkylation sites (N-methyl/N-ethyl adjacent to an activating group) is 1. The molecule has 0 atom stereocenters. The molecule has 0 aromatic heterocycles. The van der Waals surface area contributed by atoms with Crippen LogP contribution in [0.4, 0.5) is 0 Å². The zero-order chi connectivity index (χ0) is 13.8. The predicted molar refractivity (Wildman–Crippen MR) is 71.0 cm³/mol. The Kier molecular flexibility index (Phi) is 5.12. The van der Waals surface area contributed by atoms with E-state index < -0.39 is 5.54 Å². The summed E-state index contributed by atoms with van der Waals surface area (Å²) in [5.41, 5.74) is -0.406. The Morgan fingerprint density at radius 3 is 2.33 bits per heavy atom. The zero-order valence-corrected chi connectivity index (χ0v) is 11.9. The fourth-order valence-electron chi connectivity index (χ4n) is 2.02. The van der Waals surface area contributed by atoms with Crippen molar-refractivity contribution in [1.82, 2.24) is 14.7 Å². The molecule has 102 valence electrons. The van der Waals surface area contributed by atoms with Gasteiger partial charge in [0.25, 0.3) is 0 Å².